The first-order valence-electron chi connectivity index (χ1n) is 8.48. The molecule has 0 unspecified atom stereocenters. The van der Waals surface area contributed by atoms with Crippen molar-refractivity contribution in [3.63, 3.8) is 0 Å². The smallest absolute Gasteiger partial charge is 0.331 e. The number of hydrogen-bond acceptors (Lipinski definition) is 2. The maximum atomic E-state index is 12.1. The number of allylic oxidation sites excluding steroid dienone is 3. The molecule has 132 valence electrons. The van der Waals surface area contributed by atoms with Gasteiger partial charge in [0.05, 0.1) is 0 Å². The van der Waals surface area contributed by atoms with Crippen molar-refractivity contribution in [1.29, 1.82) is 0 Å². The minimum atomic E-state index is -0.968. The zero-order valence-electron chi connectivity index (χ0n) is 14.8. The molecule has 0 aromatic heterocycles. The fourth-order valence-corrected chi connectivity index (χ4v) is 2.39. The first-order valence-corrected chi connectivity index (χ1v) is 8.48. The Morgan fingerprint density at radius 2 is 1.31 bits per heavy atom. The van der Waals surface area contributed by atoms with Gasteiger partial charge in [-0.2, -0.15) is 0 Å². The van der Waals surface area contributed by atoms with Crippen molar-refractivity contribution in [3.8, 4) is 0 Å². The zero-order valence-corrected chi connectivity index (χ0v) is 14.8. The number of hydrogen-bond donors (Lipinski definition) is 1. The van der Waals surface area contributed by atoms with Crippen LogP contribution < -0.4 is 0 Å². The van der Waals surface area contributed by atoms with Crippen molar-refractivity contribution in [2.24, 2.45) is 0 Å². The summed E-state index contributed by atoms with van der Waals surface area (Å²) in [4.78, 5) is 23.4. The van der Waals surface area contributed by atoms with E-state index in [0.29, 0.717) is 12.0 Å². The number of carbonyl (C=O) groups excluding carboxylic acids is 1. The quantitative estimate of drug-likeness (QED) is 0.530. The Morgan fingerprint density at radius 3 is 1.81 bits per heavy atom. The average Bonchev–Trinajstić information content (AvgIpc) is 2.67. The lowest BCUT2D eigenvalue weighted by atomic mass is 10.0. The van der Waals surface area contributed by atoms with E-state index in [1.165, 1.54) is 0 Å². The van der Waals surface area contributed by atoms with Gasteiger partial charge in [0.1, 0.15) is 0 Å². The van der Waals surface area contributed by atoms with E-state index in [9.17, 15) is 14.7 Å². The summed E-state index contributed by atoms with van der Waals surface area (Å²) >= 11 is 0. The molecule has 3 heteroatoms. The number of benzene rings is 2. The molecule has 3 nitrogen and oxygen atoms in total. The second-order valence-electron chi connectivity index (χ2n) is 5.91. The van der Waals surface area contributed by atoms with Gasteiger partial charge in [-0.1, -0.05) is 78.9 Å². The lowest BCUT2D eigenvalue weighted by molar-refractivity contribution is -0.132. The van der Waals surface area contributed by atoms with E-state index in [-0.39, 0.29) is 17.8 Å². The molecule has 0 aliphatic carbocycles. The fourth-order valence-electron chi connectivity index (χ4n) is 2.39. The third-order valence-corrected chi connectivity index (χ3v) is 3.98. The molecule has 2 aromatic rings. The van der Waals surface area contributed by atoms with Crippen molar-refractivity contribution in [2.45, 2.75) is 19.8 Å². The average molecular weight is 346 g/mol. The SMILES string of the molecule is CC(C(=O)O)=C(C=Cc1ccccc1)CCC(=O)/C=C/c1ccccc1. The lowest BCUT2D eigenvalue weighted by Crippen LogP contribution is -2.02. The molecule has 0 spiro atoms. The molecule has 0 aliphatic heterocycles. The fraction of sp³-hybridized carbons (Fsp3) is 0.130. The van der Waals surface area contributed by atoms with Crippen molar-refractivity contribution in [2.75, 3.05) is 0 Å². The van der Waals surface area contributed by atoms with Gasteiger partial charge < -0.3 is 5.11 Å². The van der Waals surface area contributed by atoms with Crippen LogP contribution in [0.4, 0.5) is 0 Å². The van der Waals surface area contributed by atoms with Crippen molar-refractivity contribution in [3.05, 3.63) is 95.1 Å². The number of ketones is 1. The number of aliphatic carboxylic acids is 1. The maximum absolute atomic E-state index is 12.1. The van der Waals surface area contributed by atoms with Crippen LogP contribution >= 0.6 is 0 Å². The normalized spacial score (nSPS) is 12.3. The van der Waals surface area contributed by atoms with E-state index in [1.807, 2.05) is 66.7 Å². The van der Waals surface area contributed by atoms with Crippen LogP contribution in [0.1, 0.15) is 30.9 Å². The molecule has 0 saturated heterocycles. The molecule has 0 fully saturated rings. The molecular formula is C23H22O3. The summed E-state index contributed by atoms with van der Waals surface area (Å²) in [6, 6.07) is 19.2. The van der Waals surface area contributed by atoms with Crippen molar-refractivity contribution >= 4 is 23.9 Å². The molecule has 0 saturated carbocycles. The highest BCUT2D eigenvalue weighted by atomic mass is 16.4. The van der Waals surface area contributed by atoms with Gasteiger partial charge in [-0.25, -0.2) is 4.79 Å². The van der Waals surface area contributed by atoms with Gasteiger partial charge in [0.2, 0.25) is 0 Å². The minimum absolute atomic E-state index is 0.0300. The summed E-state index contributed by atoms with van der Waals surface area (Å²) in [5, 5.41) is 9.28. The van der Waals surface area contributed by atoms with E-state index < -0.39 is 5.97 Å². The predicted molar refractivity (Wildman–Crippen MR) is 106 cm³/mol. The summed E-state index contributed by atoms with van der Waals surface area (Å²) in [6.45, 7) is 1.57. The summed E-state index contributed by atoms with van der Waals surface area (Å²) < 4.78 is 0. The Kier molecular flexibility index (Phi) is 7.31. The van der Waals surface area contributed by atoms with Crippen LogP contribution in [0.3, 0.4) is 0 Å². The Hall–Kier alpha value is -3.20. The second kappa shape index (κ2) is 9.94. The van der Waals surface area contributed by atoms with Gasteiger partial charge in [0.25, 0.3) is 0 Å². The van der Waals surface area contributed by atoms with Gasteiger partial charge >= 0.3 is 5.97 Å². The summed E-state index contributed by atoms with van der Waals surface area (Å²) in [6.07, 6.45) is 7.63. The van der Waals surface area contributed by atoms with Gasteiger partial charge in [0.15, 0.2) is 5.78 Å². The van der Waals surface area contributed by atoms with Crippen LogP contribution in [0.5, 0.6) is 0 Å². The molecule has 0 atom stereocenters. The molecule has 0 amide bonds. The van der Waals surface area contributed by atoms with Gasteiger partial charge in [-0.3, -0.25) is 4.79 Å². The molecule has 1 N–H and O–H groups in total. The third-order valence-electron chi connectivity index (χ3n) is 3.98. The van der Waals surface area contributed by atoms with Crippen molar-refractivity contribution in [1.82, 2.24) is 0 Å². The van der Waals surface area contributed by atoms with Crippen LogP contribution in [-0.4, -0.2) is 16.9 Å². The highest BCUT2D eigenvalue weighted by Crippen LogP contribution is 2.16. The van der Waals surface area contributed by atoms with Crippen LogP contribution in [0.2, 0.25) is 0 Å². The highest BCUT2D eigenvalue weighted by molar-refractivity contribution is 5.94. The standard InChI is InChI=1S/C23H22O3/c1-18(23(25)26)21(14-12-19-8-4-2-5-9-19)15-17-22(24)16-13-20-10-6-3-7-11-20/h2-14,16H,15,17H2,1H3,(H,25,26)/b14-12?,16-13+,21-18?. The Labute approximate surface area is 154 Å². The molecule has 0 heterocycles. The van der Waals surface area contributed by atoms with Gasteiger partial charge in [-0.15, -0.1) is 0 Å². The Balaban J connectivity index is 2.04. The first kappa shape index (κ1) is 19.1. The van der Waals surface area contributed by atoms with E-state index in [4.69, 9.17) is 0 Å². The molecule has 0 aliphatic rings. The molecule has 2 rings (SSSR count). The van der Waals surface area contributed by atoms with Crippen LogP contribution in [0.25, 0.3) is 12.2 Å². The summed E-state index contributed by atoms with van der Waals surface area (Å²) in [5.41, 5.74) is 2.86. The molecule has 2 aromatic carbocycles. The largest absolute Gasteiger partial charge is 0.478 e. The predicted octanol–water partition coefficient (Wildman–Crippen LogP) is 5.16. The van der Waals surface area contributed by atoms with Crippen LogP contribution in [0.15, 0.2) is 84.0 Å². The summed E-state index contributed by atoms with van der Waals surface area (Å²) in [5.74, 6) is -0.998. The second-order valence-corrected chi connectivity index (χ2v) is 5.91. The van der Waals surface area contributed by atoms with E-state index in [0.717, 1.165) is 11.1 Å². The van der Waals surface area contributed by atoms with Gasteiger partial charge in [-0.05, 0) is 36.1 Å². The Morgan fingerprint density at radius 1 is 0.808 bits per heavy atom. The summed E-state index contributed by atoms with van der Waals surface area (Å²) in [7, 11) is 0. The van der Waals surface area contributed by atoms with Crippen LogP contribution in [0, 0.1) is 0 Å². The third kappa shape index (κ3) is 6.36. The lowest BCUT2D eigenvalue weighted by Gasteiger charge is -2.05. The molecule has 0 bridgehead atoms. The number of carboxylic acid groups (broad SMARTS) is 1. The monoisotopic (exact) mass is 346 g/mol. The number of carbonyl (C=O) groups is 2. The highest BCUT2D eigenvalue weighted by Gasteiger charge is 2.08. The van der Waals surface area contributed by atoms with E-state index in [2.05, 4.69) is 0 Å². The maximum Gasteiger partial charge on any atom is 0.331 e. The minimum Gasteiger partial charge on any atom is -0.478 e. The number of carboxylic acids is 1. The van der Waals surface area contributed by atoms with Gasteiger partial charge in [0, 0.05) is 12.0 Å². The van der Waals surface area contributed by atoms with E-state index >= 15 is 0 Å². The van der Waals surface area contributed by atoms with E-state index in [1.54, 1.807) is 25.2 Å². The zero-order chi connectivity index (χ0) is 18.8. The molecule has 26 heavy (non-hydrogen) atoms. The van der Waals surface area contributed by atoms with Crippen LogP contribution in [-0.2, 0) is 9.59 Å². The molecular weight excluding hydrogens is 324 g/mol. The first-order chi connectivity index (χ1) is 12.6. The topological polar surface area (TPSA) is 54.4 Å². The Bertz CT molecular complexity index is 828. The number of rotatable bonds is 8. The van der Waals surface area contributed by atoms with Crippen molar-refractivity contribution < 1.29 is 14.7 Å². The molecule has 0 radical (unpaired) electrons.